The van der Waals surface area contributed by atoms with Gasteiger partial charge in [0.1, 0.15) is 0 Å². The number of hydrogen-bond donors (Lipinski definition) is 4. The van der Waals surface area contributed by atoms with E-state index in [1.807, 2.05) is 6.20 Å². The SMILES string of the molecule is NN/C=C(\N)Cn1cc(C(=O)N2CCc3nc(NC4Cc5ccccc5C4)ncc3C2)cn1. The summed E-state index contributed by atoms with van der Waals surface area (Å²) in [5.41, 5.74) is 14.0. The fourth-order valence-corrected chi connectivity index (χ4v) is 4.49. The van der Waals surface area contributed by atoms with Crippen molar-refractivity contribution in [3.05, 3.63) is 82.7 Å². The van der Waals surface area contributed by atoms with Crippen molar-refractivity contribution in [2.45, 2.75) is 38.4 Å². The monoisotopic (exact) mass is 445 g/mol. The second-order valence-electron chi connectivity index (χ2n) is 8.47. The van der Waals surface area contributed by atoms with Gasteiger partial charge in [0.2, 0.25) is 5.95 Å². The lowest BCUT2D eigenvalue weighted by atomic mass is 10.1. The molecular formula is C23H27N9O. The molecule has 1 aliphatic heterocycles. The van der Waals surface area contributed by atoms with Gasteiger partial charge in [-0.15, -0.1) is 0 Å². The van der Waals surface area contributed by atoms with Crippen LogP contribution >= 0.6 is 0 Å². The number of carbonyl (C=O) groups is 1. The average molecular weight is 446 g/mol. The highest BCUT2D eigenvalue weighted by molar-refractivity contribution is 5.93. The molecule has 0 saturated carbocycles. The normalized spacial score (nSPS) is 15.8. The van der Waals surface area contributed by atoms with E-state index in [2.05, 4.69) is 45.1 Å². The molecule has 1 aromatic carbocycles. The first-order valence-corrected chi connectivity index (χ1v) is 11.0. The number of anilines is 1. The van der Waals surface area contributed by atoms with E-state index in [0.717, 1.165) is 24.1 Å². The number of aromatic nitrogens is 4. The Labute approximate surface area is 191 Å². The van der Waals surface area contributed by atoms with Crippen LogP contribution < -0.4 is 22.3 Å². The molecule has 3 heterocycles. The smallest absolute Gasteiger partial charge is 0.257 e. The molecule has 170 valence electrons. The summed E-state index contributed by atoms with van der Waals surface area (Å²) in [6.07, 6.45) is 9.23. The summed E-state index contributed by atoms with van der Waals surface area (Å²) < 4.78 is 1.61. The predicted molar refractivity (Wildman–Crippen MR) is 124 cm³/mol. The Hall–Kier alpha value is -3.92. The van der Waals surface area contributed by atoms with Crippen LogP contribution in [-0.4, -0.2) is 43.1 Å². The molecule has 0 saturated heterocycles. The molecule has 2 aliphatic rings. The predicted octanol–water partition coefficient (Wildman–Crippen LogP) is 0.714. The summed E-state index contributed by atoms with van der Waals surface area (Å²) >= 11 is 0. The topological polar surface area (TPSA) is 140 Å². The largest absolute Gasteiger partial charge is 0.399 e. The maximum absolute atomic E-state index is 13.0. The molecule has 0 radical (unpaired) electrons. The van der Waals surface area contributed by atoms with Crippen LogP contribution in [0.25, 0.3) is 0 Å². The van der Waals surface area contributed by atoms with E-state index >= 15 is 0 Å². The number of amides is 1. The van der Waals surface area contributed by atoms with Crippen LogP contribution in [0.5, 0.6) is 0 Å². The Bertz CT molecular complexity index is 1180. The zero-order valence-electron chi connectivity index (χ0n) is 18.2. The molecule has 0 unspecified atom stereocenters. The summed E-state index contributed by atoms with van der Waals surface area (Å²) in [7, 11) is 0. The van der Waals surface area contributed by atoms with Crippen LogP contribution in [0.15, 0.2) is 54.8 Å². The summed E-state index contributed by atoms with van der Waals surface area (Å²) in [4.78, 5) is 24.1. The number of nitrogens with one attached hydrogen (secondary N) is 2. The highest BCUT2D eigenvalue weighted by Gasteiger charge is 2.26. The minimum absolute atomic E-state index is 0.0719. The number of fused-ring (bicyclic) bond motifs is 2. The maximum atomic E-state index is 13.0. The summed E-state index contributed by atoms with van der Waals surface area (Å²) in [6, 6.07) is 8.84. The van der Waals surface area contributed by atoms with Gasteiger partial charge in [-0.25, -0.2) is 9.97 Å². The second kappa shape index (κ2) is 8.91. The van der Waals surface area contributed by atoms with E-state index < -0.39 is 0 Å². The number of benzene rings is 1. The van der Waals surface area contributed by atoms with Crippen molar-refractivity contribution in [3.8, 4) is 0 Å². The van der Waals surface area contributed by atoms with E-state index in [1.165, 1.54) is 17.3 Å². The van der Waals surface area contributed by atoms with Gasteiger partial charge in [0.25, 0.3) is 5.91 Å². The molecular weight excluding hydrogens is 418 g/mol. The van der Waals surface area contributed by atoms with E-state index in [-0.39, 0.29) is 5.91 Å². The summed E-state index contributed by atoms with van der Waals surface area (Å²) in [5, 5.41) is 7.70. The molecule has 5 rings (SSSR count). The van der Waals surface area contributed by atoms with Crippen LogP contribution in [0.1, 0.15) is 32.7 Å². The molecule has 10 heteroatoms. The van der Waals surface area contributed by atoms with Crippen molar-refractivity contribution in [1.29, 1.82) is 0 Å². The fraction of sp³-hybridized carbons (Fsp3) is 0.304. The molecule has 0 bridgehead atoms. The standard InChI is InChI=1S/C23H27N9O/c24-19(11-27-25)14-32-13-18(10-28-32)22(33)31-6-5-21-17(12-31)9-26-23(30-21)29-20-7-15-3-1-2-4-16(15)8-20/h1-4,9-11,13,20,27H,5-8,12,14,24-25H2,(H,26,29,30)/b19-11-. The van der Waals surface area contributed by atoms with Crippen molar-refractivity contribution in [2.75, 3.05) is 11.9 Å². The van der Waals surface area contributed by atoms with Gasteiger partial charge >= 0.3 is 0 Å². The van der Waals surface area contributed by atoms with E-state index in [1.54, 1.807) is 22.0 Å². The number of hydrazine groups is 1. The Morgan fingerprint density at radius 1 is 1.18 bits per heavy atom. The van der Waals surface area contributed by atoms with Crippen molar-refractivity contribution >= 4 is 11.9 Å². The van der Waals surface area contributed by atoms with Crippen molar-refractivity contribution < 1.29 is 4.79 Å². The molecule has 10 nitrogen and oxygen atoms in total. The Morgan fingerprint density at radius 2 is 1.97 bits per heavy atom. The molecule has 3 aromatic rings. The van der Waals surface area contributed by atoms with E-state index in [9.17, 15) is 4.79 Å². The molecule has 0 atom stereocenters. The molecule has 2 aromatic heterocycles. The highest BCUT2D eigenvalue weighted by atomic mass is 16.2. The first-order chi connectivity index (χ1) is 16.1. The zero-order valence-corrected chi connectivity index (χ0v) is 18.2. The minimum Gasteiger partial charge on any atom is -0.399 e. The summed E-state index contributed by atoms with van der Waals surface area (Å²) in [5.74, 6) is 5.82. The van der Waals surface area contributed by atoms with E-state index in [0.29, 0.717) is 49.3 Å². The number of carbonyl (C=O) groups excluding carboxylic acids is 1. The minimum atomic E-state index is -0.0719. The zero-order chi connectivity index (χ0) is 22.8. The molecule has 1 amide bonds. The van der Waals surface area contributed by atoms with Crippen LogP contribution in [-0.2, 0) is 32.4 Å². The first-order valence-electron chi connectivity index (χ1n) is 11.0. The lowest BCUT2D eigenvalue weighted by molar-refractivity contribution is 0.0733. The van der Waals surface area contributed by atoms with Crippen LogP contribution in [0, 0.1) is 0 Å². The third-order valence-electron chi connectivity index (χ3n) is 6.10. The number of allylic oxidation sites excluding steroid dienone is 1. The van der Waals surface area contributed by atoms with Gasteiger partial charge in [-0.3, -0.25) is 15.3 Å². The van der Waals surface area contributed by atoms with Crippen molar-refractivity contribution in [1.82, 2.24) is 30.1 Å². The van der Waals surface area contributed by atoms with Gasteiger partial charge in [0, 0.05) is 55.4 Å². The maximum Gasteiger partial charge on any atom is 0.257 e. The van der Waals surface area contributed by atoms with Gasteiger partial charge in [-0.1, -0.05) is 24.3 Å². The second-order valence-corrected chi connectivity index (χ2v) is 8.47. The van der Waals surface area contributed by atoms with Gasteiger partial charge in [0.05, 0.1) is 24.0 Å². The molecule has 33 heavy (non-hydrogen) atoms. The number of hydrogen-bond acceptors (Lipinski definition) is 8. The highest BCUT2D eigenvalue weighted by Crippen LogP contribution is 2.25. The third-order valence-corrected chi connectivity index (χ3v) is 6.10. The molecule has 0 spiro atoms. The van der Waals surface area contributed by atoms with Crippen LogP contribution in [0.4, 0.5) is 5.95 Å². The third kappa shape index (κ3) is 4.51. The van der Waals surface area contributed by atoms with Gasteiger partial charge in [-0.05, 0) is 24.0 Å². The van der Waals surface area contributed by atoms with Crippen LogP contribution in [0.3, 0.4) is 0 Å². The van der Waals surface area contributed by atoms with E-state index in [4.69, 9.17) is 16.6 Å². The van der Waals surface area contributed by atoms with Gasteiger partial charge in [-0.2, -0.15) is 5.10 Å². The quantitative estimate of drug-likeness (QED) is 0.321. The molecule has 0 fully saturated rings. The Morgan fingerprint density at radius 3 is 2.73 bits per heavy atom. The first kappa shape index (κ1) is 21.0. The fourth-order valence-electron chi connectivity index (χ4n) is 4.49. The lowest BCUT2D eigenvalue weighted by Gasteiger charge is -2.28. The average Bonchev–Trinajstić information content (AvgIpc) is 3.44. The Kier molecular flexibility index (Phi) is 5.66. The van der Waals surface area contributed by atoms with Gasteiger partial charge < -0.3 is 21.4 Å². The van der Waals surface area contributed by atoms with Crippen molar-refractivity contribution in [2.24, 2.45) is 11.6 Å². The number of nitrogens with two attached hydrogens (primary N) is 2. The Balaban J connectivity index is 1.21. The summed E-state index contributed by atoms with van der Waals surface area (Å²) in [6.45, 7) is 1.42. The van der Waals surface area contributed by atoms with Crippen LogP contribution in [0.2, 0.25) is 0 Å². The number of rotatable bonds is 6. The lowest BCUT2D eigenvalue weighted by Crippen LogP contribution is -2.36. The molecule has 6 N–H and O–H groups in total. The molecule has 1 aliphatic carbocycles. The number of nitrogens with zero attached hydrogens (tertiary/aromatic N) is 5. The van der Waals surface area contributed by atoms with Gasteiger partial charge in [0.15, 0.2) is 0 Å². The van der Waals surface area contributed by atoms with Crippen molar-refractivity contribution in [3.63, 3.8) is 0 Å².